The molecule has 3 nitrogen and oxygen atoms in total. The fourth-order valence-electron chi connectivity index (χ4n) is 3.01. The molecule has 0 atom stereocenters. The Labute approximate surface area is 146 Å². The predicted octanol–water partition coefficient (Wildman–Crippen LogP) is 4.53. The summed E-state index contributed by atoms with van der Waals surface area (Å²) in [4.78, 5) is 7.44. The first-order valence-electron chi connectivity index (χ1n) is 8.80. The van der Waals surface area contributed by atoms with E-state index in [1.165, 1.54) is 24.0 Å². The molecule has 0 unspecified atom stereocenters. The fraction of sp³-hybridized carbons (Fsp3) is 0.350. The van der Waals surface area contributed by atoms with Crippen LogP contribution in [0.25, 0.3) is 0 Å². The molecule has 3 rings (SSSR count). The van der Waals surface area contributed by atoms with Gasteiger partial charge in [0.15, 0.2) is 0 Å². The lowest BCUT2D eigenvalue weighted by Crippen LogP contribution is -2.28. The first-order valence-corrected chi connectivity index (χ1v) is 11.6. The van der Waals surface area contributed by atoms with Crippen LogP contribution in [0.15, 0.2) is 53.5 Å². The standard InChI is InChI=1S/C20H26N2OSi/c1-16-11-12-18(19(15-16)23-24(2)3)21-20(22-13-7-8-14-22)17-9-5-4-6-10-17/h4-6,9-12,15,24H,7-8,13-14H2,1-3H3. The van der Waals surface area contributed by atoms with Gasteiger partial charge in [0.05, 0.1) is 0 Å². The van der Waals surface area contributed by atoms with Gasteiger partial charge in [-0.25, -0.2) is 4.99 Å². The zero-order valence-electron chi connectivity index (χ0n) is 14.8. The number of benzene rings is 2. The van der Waals surface area contributed by atoms with Gasteiger partial charge in [-0.2, -0.15) is 0 Å². The number of aliphatic imine (C=N–C) groups is 1. The second kappa shape index (κ2) is 7.66. The largest absolute Gasteiger partial charge is 0.546 e. The molecule has 0 radical (unpaired) electrons. The molecular weight excluding hydrogens is 312 g/mol. The Balaban J connectivity index is 2.04. The summed E-state index contributed by atoms with van der Waals surface area (Å²) in [5.74, 6) is 1.98. The van der Waals surface area contributed by atoms with E-state index < -0.39 is 9.04 Å². The zero-order chi connectivity index (χ0) is 16.9. The maximum atomic E-state index is 6.14. The Hall–Kier alpha value is -2.07. The average Bonchev–Trinajstić information content (AvgIpc) is 3.08. The summed E-state index contributed by atoms with van der Waals surface area (Å²) in [6.45, 7) is 8.63. The van der Waals surface area contributed by atoms with Gasteiger partial charge in [-0.1, -0.05) is 36.4 Å². The average molecular weight is 339 g/mol. The minimum atomic E-state index is -1.17. The van der Waals surface area contributed by atoms with Crippen LogP contribution in [0.1, 0.15) is 24.0 Å². The van der Waals surface area contributed by atoms with Crippen LogP contribution in [0.5, 0.6) is 5.75 Å². The molecule has 1 saturated heterocycles. The Morgan fingerprint density at radius 1 is 1.04 bits per heavy atom. The Morgan fingerprint density at radius 3 is 2.42 bits per heavy atom. The molecule has 1 fully saturated rings. The zero-order valence-corrected chi connectivity index (χ0v) is 16.0. The van der Waals surface area contributed by atoms with Gasteiger partial charge in [0.2, 0.25) is 9.04 Å². The van der Waals surface area contributed by atoms with Gasteiger partial charge in [-0.3, -0.25) is 0 Å². The van der Waals surface area contributed by atoms with Crippen LogP contribution in [0.3, 0.4) is 0 Å². The third kappa shape index (κ3) is 4.06. The minimum absolute atomic E-state index is 0.921. The quantitative estimate of drug-likeness (QED) is 0.465. The predicted molar refractivity (Wildman–Crippen MR) is 104 cm³/mol. The molecule has 1 heterocycles. The molecule has 2 aromatic carbocycles. The van der Waals surface area contributed by atoms with E-state index in [9.17, 15) is 0 Å². The second-order valence-electron chi connectivity index (χ2n) is 6.63. The van der Waals surface area contributed by atoms with Gasteiger partial charge < -0.3 is 9.33 Å². The maximum Gasteiger partial charge on any atom is 0.229 e. The molecule has 126 valence electrons. The van der Waals surface area contributed by atoms with E-state index in [0.29, 0.717) is 0 Å². The summed E-state index contributed by atoms with van der Waals surface area (Å²) in [6.07, 6.45) is 2.48. The highest BCUT2D eigenvalue weighted by molar-refractivity contribution is 6.49. The molecule has 0 aromatic heterocycles. The lowest BCUT2D eigenvalue weighted by molar-refractivity contribution is 0.520. The van der Waals surface area contributed by atoms with Crippen LogP contribution in [-0.2, 0) is 0 Å². The van der Waals surface area contributed by atoms with Crippen LogP contribution in [-0.4, -0.2) is 32.9 Å². The monoisotopic (exact) mass is 338 g/mol. The number of likely N-dealkylation sites (tertiary alicyclic amines) is 1. The number of hydrogen-bond acceptors (Lipinski definition) is 2. The van der Waals surface area contributed by atoms with Crippen molar-refractivity contribution in [3.05, 3.63) is 59.7 Å². The van der Waals surface area contributed by atoms with Crippen molar-refractivity contribution in [2.24, 2.45) is 4.99 Å². The Kier molecular flexibility index (Phi) is 5.36. The first-order chi connectivity index (χ1) is 11.6. The van der Waals surface area contributed by atoms with E-state index in [2.05, 4.69) is 73.4 Å². The van der Waals surface area contributed by atoms with Crippen LogP contribution in [0.2, 0.25) is 13.1 Å². The van der Waals surface area contributed by atoms with Gasteiger partial charge in [0.25, 0.3) is 0 Å². The topological polar surface area (TPSA) is 24.8 Å². The van der Waals surface area contributed by atoms with Crippen molar-refractivity contribution in [2.45, 2.75) is 32.9 Å². The van der Waals surface area contributed by atoms with Crippen molar-refractivity contribution >= 4 is 20.6 Å². The molecule has 2 aromatic rings. The molecule has 0 bridgehead atoms. The summed E-state index contributed by atoms with van der Waals surface area (Å²) < 4.78 is 6.14. The van der Waals surface area contributed by atoms with Crippen molar-refractivity contribution in [1.29, 1.82) is 0 Å². The van der Waals surface area contributed by atoms with E-state index in [0.717, 1.165) is 30.4 Å². The molecule has 0 saturated carbocycles. The molecule has 1 aliphatic rings. The van der Waals surface area contributed by atoms with Gasteiger partial charge in [-0.05, 0) is 50.6 Å². The van der Waals surface area contributed by atoms with Gasteiger partial charge >= 0.3 is 0 Å². The summed E-state index contributed by atoms with van der Waals surface area (Å²) in [5, 5.41) is 0. The third-order valence-electron chi connectivity index (χ3n) is 4.14. The minimum Gasteiger partial charge on any atom is -0.546 e. The van der Waals surface area contributed by atoms with E-state index in [1.807, 2.05) is 0 Å². The molecule has 1 aliphatic heterocycles. The number of hydrogen-bond donors (Lipinski definition) is 0. The number of aryl methyl sites for hydroxylation is 1. The van der Waals surface area contributed by atoms with Crippen LogP contribution in [0, 0.1) is 6.92 Å². The second-order valence-corrected chi connectivity index (χ2v) is 8.97. The van der Waals surface area contributed by atoms with Gasteiger partial charge in [-0.15, -0.1) is 0 Å². The van der Waals surface area contributed by atoms with Gasteiger partial charge in [0.1, 0.15) is 17.3 Å². The van der Waals surface area contributed by atoms with E-state index in [-0.39, 0.29) is 0 Å². The van der Waals surface area contributed by atoms with Crippen LogP contribution in [0.4, 0.5) is 5.69 Å². The van der Waals surface area contributed by atoms with E-state index in [4.69, 9.17) is 9.42 Å². The highest BCUT2D eigenvalue weighted by Gasteiger charge is 2.18. The van der Waals surface area contributed by atoms with E-state index >= 15 is 0 Å². The SMILES string of the molecule is Cc1ccc(N=C(c2ccccc2)N2CCCC2)c(O[SiH](C)C)c1. The summed E-state index contributed by atoms with van der Waals surface area (Å²) >= 11 is 0. The highest BCUT2D eigenvalue weighted by Crippen LogP contribution is 2.31. The number of nitrogens with zero attached hydrogens (tertiary/aromatic N) is 2. The Bertz CT molecular complexity index is 707. The van der Waals surface area contributed by atoms with Crippen molar-refractivity contribution in [3.8, 4) is 5.75 Å². The molecule has 0 N–H and O–H groups in total. The summed E-state index contributed by atoms with van der Waals surface area (Å²) in [5.41, 5.74) is 3.32. The number of rotatable bonds is 4. The third-order valence-corrected chi connectivity index (χ3v) is 4.87. The van der Waals surface area contributed by atoms with Crippen LogP contribution < -0.4 is 4.43 Å². The van der Waals surface area contributed by atoms with Crippen molar-refractivity contribution in [2.75, 3.05) is 13.1 Å². The number of amidine groups is 1. The molecule has 0 amide bonds. The van der Waals surface area contributed by atoms with Crippen molar-refractivity contribution in [1.82, 2.24) is 4.90 Å². The van der Waals surface area contributed by atoms with E-state index in [1.54, 1.807) is 0 Å². The van der Waals surface area contributed by atoms with Gasteiger partial charge in [0, 0.05) is 18.7 Å². The molecule has 0 spiro atoms. The highest BCUT2D eigenvalue weighted by atomic mass is 28.3. The lowest BCUT2D eigenvalue weighted by Gasteiger charge is -2.21. The summed E-state index contributed by atoms with van der Waals surface area (Å²) in [6, 6.07) is 16.8. The fourth-order valence-corrected chi connectivity index (χ4v) is 3.71. The normalized spacial score (nSPS) is 15.2. The van der Waals surface area contributed by atoms with Crippen molar-refractivity contribution in [3.63, 3.8) is 0 Å². The van der Waals surface area contributed by atoms with Crippen molar-refractivity contribution < 1.29 is 4.43 Å². The lowest BCUT2D eigenvalue weighted by atomic mass is 10.1. The molecule has 4 heteroatoms. The Morgan fingerprint density at radius 2 is 1.75 bits per heavy atom. The molecular formula is C20H26N2OSi. The summed E-state index contributed by atoms with van der Waals surface area (Å²) in [7, 11) is -1.17. The molecule has 0 aliphatic carbocycles. The first kappa shape index (κ1) is 16.8. The molecule has 24 heavy (non-hydrogen) atoms. The maximum absolute atomic E-state index is 6.14. The van der Waals surface area contributed by atoms with Crippen LogP contribution >= 0.6 is 0 Å². The smallest absolute Gasteiger partial charge is 0.229 e.